The number of para-hydroxylation sites is 1. The summed E-state index contributed by atoms with van der Waals surface area (Å²) >= 11 is 5.23. The van der Waals surface area contributed by atoms with Crippen molar-refractivity contribution in [2.45, 2.75) is 6.04 Å². The summed E-state index contributed by atoms with van der Waals surface area (Å²) in [7, 11) is 4.18. The number of nitrogens with two attached hydrogens (primary N) is 1. The Hall–Kier alpha value is -2.43. The SMILES string of the molecule is CN(C)C(c1ccccc1)c1cccn1-c1ccccc1C(N)=S. The van der Waals surface area contributed by atoms with Crippen molar-refractivity contribution in [2.75, 3.05) is 14.1 Å². The molecule has 0 saturated carbocycles. The van der Waals surface area contributed by atoms with Crippen LogP contribution in [0.25, 0.3) is 5.69 Å². The van der Waals surface area contributed by atoms with E-state index in [1.165, 1.54) is 11.3 Å². The summed E-state index contributed by atoms with van der Waals surface area (Å²) in [5.74, 6) is 0. The molecule has 4 heteroatoms. The Balaban J connectivity index is 2.15. The molecule has 0 aliphatic rings. The number of hydrogen-bond acceptors (Lipinski definition) is 2. The molecule has 3 aromatic rings. The largest absolute Gasteiger partial charge is 0.389 e. The smallest absolute Gasteiger partial charge is 0.106 e. The maximum absolute atomic E-state index is 5.93. The van der Waals surface area contributed by atoms with Gasteiger partial charge in [0.25, 0.3) is 0 Å². The molecular formula is C20H21N3S. The average Bonchev–Trinajstić information content (AvgIpc) is 3.04. The molecule has 1 heterocycles. The third-order valence-electron chi connectivity index (χ3n) is 4.12. The summed E-state index contributed by atoms with van der Waals surface area (Å²) in [6.45, 7) is 0. The van der Waals surface area contributed by atoms with Gasteiger partial charge in [-0.2, -0.15) is 0 Å². The molecule has 2 N–H and O–H groups in total. The summed E-state index contributed by atoms with van der Waals surface area (Å²) < 4.78 is 2.17. The molecule has 0 aliphatic carbocycles. The highest BCUT2D eigenvalue weighted by atomic mass is 32.1. The Morgan fingerprint density at radius 1 is 0.958 bits per heavy atom. The number of hydrogen-bond donors (Lipinski definition) is 1. The summed E-state index contributed by atoms with van der Waals surface area (Å²) in [5, 5.41) is 0. The summed E-state index contributed by atoms with van der Waals surface area (Å²) in [6, 6.07) is 22.8. The first-order valence-corrected chi connectivity index (χ1v) is 8.28. The zero-order valence-corrected chi connectivity index (χ0v) is 14.7. The van der Waals surface area contributed by atoms with Crippen molar-refractivity contribution in [3.8, 4) is 5.69 Å². The maximum Gasteiger partial charge on any atom is 0.106 e. The molecule has 1 atom stereocenters. The Morgan fingerprint density at radius 2 is 1.62 bits per heavy atom. The fourth-order valence-electron chi connectivity index (χ4n) is 3.10. The number of rotatable bonds is 5. The van der Waals surface area contributed by atoms with Crippen molar-refractivity contribution in [3.05, 3.63) is 89.7 Å². The van der Waals surface area contributed by atoms with Crippen molar-refractivity contribution >= 4 is 17.2 Å². The van der Waals surface area contributed by atoms with Crippen LogP contribution in [0.4, 0.5) is 0 Å². The summed E-state index contributed by atoms with van der Waals surface area (Å²) in [5.41, 5.74) is 10.2. The third-order valence-corrected chi connectivity index (χ3v) is 4.34. The minimum absolute atomic E-state index is 0.139. The molecule has 24 heavy (non-hydrogen) atoms. The van der Waals surface area contributed by atoms with Gasteiger partial charge in [-0.1, -0.05) is 54.7 Å². The fraction of sp³-hybridized carbons (Fsp3) is 0.150. The Kier molecular flexibility index (Phi) is 4.79. The topological polar surface area (TPSA) is 34.2 Å². The molecule has 1 unspecified atom stereocenters. The first-order valence-electron chi connectivity index (χ1n) is 7.87. The van der Waals surface area contributed by atoms with Gasteiger partial charge in [0.1, 0.15) is 4.99 Å². The van der Waals surface area contributed by atoms with E-state index in [4.69, 9.17) is 18.0 Å². The fourth-order valence-corrected chi connectivity index (χ4v) is 3.27. The summed E-state index contributed by atoms with van der Waals surface area (Å²) in [6.07, 6.45) is 2.06. The van der Waals surface area contributed by atoms with E-state index >= 15 is 0 Å². The van der Waals surface area contributed by atoms with E-state index in [0.717, 1.165) is 11.3 Å². The molecule has 0 radical (unpaired) electrons. The van der Waals surface area contributed by atoms with Crippen LogP contribution < -0.4 is 5.73 Å². The van der Waals surface area contributed by atoms with E-state index in [0.29, 0.717) is 4.99 Å². The van der Waals surface area contributed by atoms with Crippen molar-refractivity contribution in [1.29, 1.82) is 0 Å². The highest BCUT2D eigenvalue weighted by Gasteiger charge is 2.21. The molecule has 122 valence electrons. The van der Waals surface area contributed by atoms with Crippen LogP contribution >= 0.6 is 12.2 Å². The van der Waals surface area contributed by atoms with Gasteiger partial charge < -0.3 is 10.3 Å². The van der Waals surface area contributed by atoms with Gasteiger partial charge in [0.15, 0.2) is 0 Å². The zero-order valence-electron chi connectivity index (χ0n) is 13.9. The minimum Gasteiger partial charge on any atom is -0.389 e. The van der Waals surface area contributed by atoms with Crippen LogP contribution in [0.5, 0.6) is 0 Å². The van der Waals surface area contributed by atoms with Gasteiger partial charge >= 0.3 is 0 Å². The van der Waals surface area contributed by atoms with E-state index in [1.807, 2.05) is 24.3 Å². The lowest BCUT2D eigenvalue weighted by molar-refractivity contribution is 0.333. The molecule has 0 fully saturated rings. The average molecular weight is 335 g/mol. The summed E-state index contributed by atoms with van der Waals surface area (Å²) in [4.78, 5) is 2.62. The van der Waals surface area contributed by atoms with Gasteiger partial charge in [-0.25, -0.2) is 0 Å². The normalized spacial score (nSPS) is 12.3. The van der Waals surface area contributed by atoms with E-state index in [-0.39, 0.29) is 6.04 Å². The molecule has 0 saturated heterocycles. The molecule has 1 aromatic heterocycles. The van der Waals surface area contributed by atoms with Crippen LogP contribution in [0.3, 0.4) is 0 Å². The monoisotopic (exact) mass is 335 g/mol. The van der Waals surface area contributed by atoms with Crippen LogP contribution in [-0.2, 0) is 0 Å². The number of benzene rings is 2. The molecule has 0 spiro atoms. The minimum atomic E-state index is 0.139. The van der Waals surface area contributed by atoms with E-state index < -0.39 is 0 Å². The van der Waals surface area contributed by atoms with Crippen LogP contribution in [0, 0.1) is 0 Å². The van der Waals surface area contributed by atoms with E-state index in [2.05, 4.69) is 72.2 Å². The third kappa shape index (κ3) is 3.11. The van der Waals surface area contributed by atoms with Crippen LogP contribution in [0.1, 0.15) is 22.9 Å². The molecule has 0 bridgehead atoms. The first kappa shape index (κ1) is 16.4. The Morgan fingerprint density at radius 3 is 2.29 bits per heavy atom. The van der Waals surface area contributed by atoms with Crippen LogP contribution in [0.15, 0.2) is 72.9 Å². The highest BCUT2D eigenvalue weighted by molar-refractivity contribution is 7.80. The lowest BCUT2D eigenvalue weighted by atomic mass is 10.0. The Labute approximate surface area is 148 Å². The number of nitrogens with zero attached hydrogens (tertiary/aromatic N) is 2. The molecule has 0 aliphatic heterocycles. The number of aromatic nitrogens is 1. The highest BCUT2D eigenvalue weighted by Crippen LogP contribution is 2.29. The molecule has 2 aromatic carbocycles. The van der Waals surface area contributed by atoms with Crippen molar-refractivity contribution in [3.63, 3.8) is 0 Å². The molecule has 0 amide bonds. The van der Waals surface area contributed by atoms with Crippen molar-refractivity contribution in [1.82, 2.24) is 9.47 Å². The van der Waals surface area contributed by atoms with Crippen molar-refractivity contribution in [2.24, 2.45) is 5.73 Å². The first-order chi connectivity index (χ1) is 11.6. The zero-order chi connectivity index (χ0) is 17.1. The van der Waals surface area contributed by atoms with Gasteiger partial charge in [-0.3, -0.25) is 4.90 Å². The predicted octanol–water partition coefficient (Wildman–Crippen LogP) is 3.76. The molecule has 3 rings (SSSR count). The lowest BCUT2D eigenvalue weighted by Crippen LogP contribution is -2.24. The van der Waals surface area contributed by atoms with Gasteiger partial charge in [-0.05, 0) is 43.9 Å². The second-order valence-electron chi connectivity index (χ2n) is 5.96. The van der Waals surface area contributed by atoms with E-state index in [1.54, 1.807) is 0 Å². The number of thiocarbonyl (C=S) groups is 1. The Bertz CT molecular complexity index is 837. The predicted molar refractivity (Wildman–Crippen MR) is 104 cm³/mol. The lowest BCUT2D eigenvalue weighted by Gasteiger charge is -2.27. The quantitative estimate of drug-likeness (QED) is 0.721. The van der Waals surface area contributed by atoms with Gasteiger partial charge in [0, 0.05) is 17.5 Å². The van der Waals surface area contributed by atoms with Gasteiger partial charge in [0.05, 0.1) is 11.7 Å². The van der Waals surface area contributed by atoms with Gasteiger partial charge in [-0.15, -0.1) is 0 Å². The van der Waals surface area contributed by atoms with Gasteiger partial charge in [0.2, 0.25) is 0 Å². The second kappa shape index (κ2) is 6.99. The van der Waals surface area contributed by atoms with E-state index in [9.17, 15) is 0 Å². The van der Waals surface area contributed by atoms with Crippen molar-refractivity contribution < 1.29 is 0 Å². The second-order valence-corrected chi connectivity index (χ2v) is 6.40. The van der Waals surface area contributed by atoms with Crippen LogP contribution in [0.2, 0.25) is 0 Å². The molecule has 3 nitrogen and oxygen atoms in total. The molecular weight excluding hydrogens is 314 g/mol. The maximum atomic E-state index is 5.93. The standard InChI is InChI=1S/C20H21N3S/c1-22(2)19(15-9-4-3-5-10-15)18-13-8-14-23(18)17-12-7-6-11-16(17)20(21)24/h3-14,19H,1-2H3,(H2,21,24). The van der Waals surface area contributed by atoms with Crippen LogP contribution in [-0.4, -0.2) is 28.6 Å².